The first-order valence-electron chi connectivity index (χ1n) is 11.4. The normalized spacial score (nSPS) is 15.2. The molecule has 2 heterocycles. The van der Waals surface area contributed by atoms with Gasteiger partial charge in [0.25, 0.3) is 5.91 Å². The quantitative estimate of drug-likeness (QED) is 0.422. The summed E-state index contributed by atoms with van der Waals surface area (Å²) in [5, 5.41) is 2.90. The molecule has 34 heavy (non-hydrogen) atoms. The summed E-state index contributed by atoms with van der Waals surface area (Å²) in [6.45, 7) is 1.08. The Morgan fingerprint density at radius 3 is 2.26 bits per heavy atom. The molecule has 5 rings (SSSR count). The van der Waals surface area contributed by atoms with Gasteiger partial charge >= 0.3 is 0 Å². The SMILES string of the molecule is O=C(Nc1ccccc1-c1nc2ccccc2o1)c1ccc(S(=O)(=O)N2CCCCCC2)cc1. The Balaban J connectivity index is 1.36. The highest BCUT2D eigenvalue weighted by molar-refractivity contribution is 7.89. The minimum absolute atomic E-state index is 0.206. The molecule has 1 aromatic heterocycles. The highest BCUT2D eigenvalue weighted by Gasteiger charge is 2.25. The first-order valence-corrected chi connectivity index (χ1v) is 12.8. The zero-order valence-corrected chi connectivity index (χ0v) is 19.4. The van der Waals surface area contributed by atoms with Crippen LogP contribution < -0.4 is 5.32 Å². The molecule has 1 aliphatic rings. The van der Waals surface area contributed by atoms with Crippen LogP contribution in [0.1, 0.15) is 36.0 Å². The summed E-state index contributed by atoms with van der Waals surface area (Å²) in [4.78, 5) is 17.7. The van der Waals surface area contributed by atoms with Crippen molar-refractivity contribution in [3.05, 3.63) is 78.4 Å². The Morgan fingerprint density at radius 1 is 0.853 bits per heavy atom. The number of benzene rings is 3. The zero-order chi connectivity index (χ0) is 23.5. The van der Waals surface area contributed by atoms with Crippen molar-refractivity contribution in [3.8, 4) is 11.5 Å². The van der Waals surface area contributed by atoms with Gasteiger partial charge in [0, 0.05) is 18.7 Å². The molecule has 174 valence electrons. The van der Waals surface area contributed by atoms with E-state index in [0.29, 0.717) is 41.4 Å². The number of carbonyl (C=O) groups excluding carboxylic acids is 1. The molecule has 1 fully saturated rings. The Hall–Kier alpha value is -3.49. The minimum atomic E-state index is -3.56. The average molecular weight is 476 g/mol. The fourth-order valence-electron chi connectivity index (χ4n) is 4.17. The summed E-state index contributed by atoms with van der Waals surface area (Å²) in [7, 11) is -3.56. The fourth-order valence-corrected chi connectivity index (χ4v) is 5.69. The van der Waals surface area contributed by atoms with Crippen LogP contribution in [0.15, 0.2) is 82.1 Å². The van der Waals surface area contributed by atoms with Crippen LogP contribution in [0.2, 0.25) is 0 Å². The zero-order valence-electron chi connectivity index (χ0n) is 18.6. The van der Waals surface area contributed by atoms with Crippen molar-refractivity contribution in [3.63, 3.8) is 0 Å². The smallest absolute Gasteiger partial charge is 0.255 e. The number of sulfonamides is 1. The first-order chi connectivity index (χ1) is 16.5. The van der Waals surface area contributed by atoms with Gasteiger partial charge in [-0.15, -0.1) is 0 Å². The van der Waals surface area contributed by atoms with Gasteiger partial charge < -0.3 is 9.73 Å². The molecule has 0 unspecified atom stereocenters. The Morgan fingerprint density at radius 2 is 1.53 bits per heavy atom. The van der Waals surface area contributed by atoms with Gasteiger partial charge in [-0.3, -0.25) is 4.79 Å². The molecular formula is C26H25N3O4S. The number of anilines is 1. The predicted octanol–water partition coefficient (Wildman–Crippen LogP) is 5.31. The molecule has 8 heteroatoms. The van der Waals surface area contributed by atoms with E-state index >= 15 is 0 Å². The van der Waals surface area contributed by atoms with E-state index in [0.717, 1.165) is 31.2 Å². The predicted molar refractivity (Wildman–Crippen MR) is 131 cm³/mol. The summed E-state index contributed by atoms with van der Waals surface area (Å²) < 4.78 is 33.4. The highest BCUT2D eigenvalue weighted by Crippen LogP contribution is 2.30. The topological polar surface area (TPSA) is 92.5 Å². The number of hydrogen-bond donors (Lipinski definition) is 1. The van der Waals surface area contributed by atoms with Gasteiger partial charge in [0.1, 0.15) is 5.52 Å². The van der Waals surface area contributed by atoms with Gasteiger partial charge in [0.2, 0.25) is 15.9 Å². The fraction of sp³-hybridized carbons (Fsp3) is 0.231. The Bertz CT molecular complexity index is 1390. The van der Waals surface area contributed by atoms with Crippen LogP contribution in [0.25, 0.3) is 22.6 Å². The number of para-hydroxylation sites is 3. The van der Waals surface area contributed by atoms with Crippen molar-refractivity contribution in [2.75, 3.05) is 18.4 Å². The number of carbonyl (C=O) groups is 1. The number of oxazole rings is 1. The molecule has 0 spiro atoms. The number of nitrogens with one attached hydrogen (secondary N) is 1. The minimum Gasteiger partial charge on any atom is -0.436 e. The van der Waals surface area contributed by atoms with Crippen molar-refractivity contribution in [1.29, 1.82) is 0 Å². The monoisotopic (exact) mass is 475 g/mol. The summed E-state index contributed by atoms with van der Waals surface area (Å²) in [6.07, 6.45) is 3.85. The lowest BCUT2D eigenvalue weighted by atomic mass is 10.1. The van der Waals surface area contributed by atoms with Crippen molar-refractivity contribution < 1.29 is 17.6 Å². The summed E-state index contributed by atoms with van der Waals surface area (Å²) >= 11 is 0. The van der Waals surface area contributed by atoms with Crippen LogP contribution in [-0.4, -0.2) is 36.7 Å². The molecule has 7 nitrogen and oxygen atoms in total. The molecule has 1 aliphatic heterocycles. The standard InChI is InChI=1S/C26H25N3O4S/c30-25(19-13-15-20(16-14-19)34(31,32)29-17-7-1-2-8-18-29)27-22-10-4-3-9-21(22)26-28-23-11-5-6-12-24(23)33-26/h3-6,9-16H,1-2,7-8,17-18H2,(H,27,30). The van der Waals surface area contributed by atoms with Crippen LogP contribution in [0, 0.1) is 0 Å². The van der Waals surface area contributed by atoms with E-state index in [4.69, 9.17) is 4.42 Å². The van der Waals surface area contributed by atoms with Crippen molar-refractivity contribution in [1.82, 2.24) is 9.29 Å². The Labute approximate surface area is 198 Å². The third-order valence-electron chi connectivity index (χ3n) is 6.02. The second kappa shape index (κ2) is 9.40. The molecular weight excluding hydrogens is 450 g/mol. The maximum atomic E-state index is 13.0. The van der Waals surface area contributed by atoms with Crippen molar-refractivity contribution >= 4 is 32.7 Å². The molecule has 0 radical (unpaired) electrons. The largest absolute Gasteiger partial charge is 0.436 e. The van der Waals surface area contributed by atoms with Crippen LogP contribution >= 0.6 is 0 Å². The lowest BCUT2D eigenvalue weighted by Gasteiger charge is -2.20. The lowest BCUT2D eigenvalue weighted by molar-refractivity contribution is 0.102. The van der Waals surface area contributed by atoms with Gasteiger partial charge in [0.05, 0.1) is 16.1 Å². The number of rotatable bonds is 5. The van der Waals surface area contributed by atoms with E-state index in [-0.39, 0.29) is 10.8 Å². The molecule has 0 atom stereocenters. The number of nitrogens with zero attached hydrogens (tertiary/aromatic N) is 2. The van der Waals surface area contributed by atoms with Crippen LogP contribution in [0.4, 0.5) is 5.69 Å². The van der Waals surface area contributed by atoms with E-state index in [9.17, 15) is 13.2 Å². The van der Waals surface area contributed by atoms with Crippen LogP contribution in [0.5, 0.6) is 0 Å². The molecule has 3 aromatic carbocycles. The van der Waals surface area contributed by atoms with Gasteiger partial charge in [0.15, 0.2) is 5.58 Å². The van der Waals surface area contributed by atoms with Gasteiger partial charge in [-0.05, 0) is 61.4 Å². The van der Waals surface area contributed by atoms with Crippen LogP contribution in [-0.2, 0) is 10.0 Å². The maximum Gasteiger partial charge on any atom is 0.255 e. The van der Waals surface area contributed by atoms with Gasteiger partial charge in [-0.2, -0.15) is 4.31 Å². The molecule has 1 amide bonds. The highest BCUT2D eigenvalue weighted by atomic mass is 32.2. The molecule has 1 N–H and O–H groups in total. The molecule has 4 aromatic rings. The number of fused-ring (bicyclic) bond motifs is 1. The summed E-state index contributed by atoms with van der Waals surface area (Å²) in [5.74, 6) is 0.0678. The van der Waals surface area contributed by atoms with Crippen molar-refractivity contribution in [2.45, 2.75) is 30.6 Å². The molecule has 0 saturated carbocycles. The number of aromatic nitrogens is 1. The Kier molecular flexibility index (Phi) is 6.17. The van der Waals surface area contributed by atoms with E-state index < -0.39 is 10.0 Å². The molecule has 0 aliphatic carbocycles. The average Bonchev–Trinajstić information content (AvgIpc) is 3.09. The second-order valence-electron chi connectivity index (χ2n) is 8.33. The van der Waals surface area contributed by atoms with Crippen LogP contribution in [0.3, 0.4) is 0 Å². The first kappa shape index (κ1) is 22.3. The molecule has 1 saturated heterocycles. The van der Waals surface area contributed by atoms with E-state index in [2.05, 4.69) is 10.3 Å². The van der Waals surface area contributed by atoms with Crippen molar-refractivity contribution in [2.24, 2.45) is 0 Å². The van der Waals surface area contributed by atoms with E-state index in [1.807, 2.05) is 42.5 Å². The van der Waals surface area contributed by atoms with E-state index in [1.54, 1.807) is 22.5 Å². The van der Waals surface area contributed by atoms with E-state index in [1.165, 1.54) is 12.1 Å². The summed E-state index contributed by atoms with van der Waals surface area (Å²) in [5.41, 5.74) is 2.98. The third-order valence-corrected chi connectivity index (χ3v) is 7.93. The maximum absolute atomic E-state index is 13.0. The summed E-state index contributed by atoms with van der Waals surface area (Å²) in [6, 6.07) is 20.8. The number of hydrogen-bond acceptors (Lipinski definition) is 5. The molecule has 0 bridgehead atoms. The lowest BCUT2D eigenvalue weighted by Crippen LogP contribution is -2.31. The second-order valence-corrected chi connectivity index (χ2v) is 10.3. The number of amides is 1. The third kappa shape index (κ3) is 4.47. The van der Waals surface area contributed by atoms with Gasteiger partial charge in [-0.1, -0.05) is 37.1 Å². The van der Waals surface area contributed by atoms with Gasteiger partial charge in [-0.25, -0.2) is 13.4 Å².